The first-order valence-corrected chi connectivity index (χ1v) is 50.8. The Morgan fingerprint density at radius 1 is 0.295 bits per heavy atom. The third kappa shape index (κ3) is 26.1. The number of ether oxygens (including phenoxy) is 8. The first-order chi connectivity index (χ1) is 67.4. The molecule has 4 amide bonds. The fourth-order valence-electron chi connectivity index (χ4n) is 22.5. The highest BCUT2D eigenvalue weighted by Gasteiger charge is 2.40. The zero-order valence-corrected chi connectivity index (χ0v) is 82.8. The van der Waals surface area contributed by atoms with Gasteiger partial charge in [0, 0.05) is 6.54 Å². The number of aliphatic carboxylic acids is 4. The first-order valence-electron chi connectivity index (χ1n) is 50.8. The molecule has 0 aliphatic heterocycles. The quantitative estimate of drug-likeness (QED) is 0.0189. The van der Waals surface area contributed by atoms with Gasteiger partial charge >= 0.3 is 23.9 Å². The molecule has 0 radical (unpaired) electrons. The van der Waals surface area contributed by atoms with Crippen molar-refractivity contribution in [2.24, 2.45) is 41.4 Å². The van der Waals surface area contributed by atoms with Crippen molar-refractivity contribution in [1.82, 2.24) is 60.4 Å². The molecule has 4 aromatic carbocycles. The van der Waals surface area contributed by atoms with Gasteiger partial charge in [0.15, 0.2) is 22.8 Å². The Morgan fingerprint density at radius 3 is 0.820 bits per heavy atom. The van der Waals surface area contributed by atoms with Gasteiger partial charge in [-0.2, -0.15) is 20.4 Å². The summed E-state index contributed by atoms with van der Waals surface area (Å²) >= 11 is 0. The van der Waals surface area contributed by atoms with Crippen molar-refractivity contribution >= 4 is 47.5 Å². The summed E-state index contributed by atoms with van der Waals surface area (Å²) in [5.74, 6) is 0.768. The van der Waals surface area contributed by atoms with E-state index in [9.17, 15) is 58.8 Å². The molecule has 4 aromatic heterocycles. The predicted molar refractivity (Wildman–Crippen MR) is 527 cm³/mol. The summed E-state index contributed by atoms with van der Waals surface area (Å²) in [6.45, 7) is 5.20. The second kappa shape index (κ2) is 50.6. The minimum Gasteiger partial charge on any atom is -0.496 e. The van der Waals surface area contributed by atoms with E-state index in [4.69, 9.17) is 53.2 Å². The van der Waals surface area contributed by atoms with Crippen molar-refractivity contribution in [3.05, 3.63) is 120 Å². The lowest BCUT2D eigenvalue weighted by Gasteiger charge is -2.29. The highest BCUT2D eigenvalue weighted by molar-refractivity contribution is 5.99. The Balaban J connectivity index is 0.000000156. The van der Waals surface area contributed by atoms with Gasteiger partial charge in [-0.1, -0.05) is 167 Å². The number of methoxy groups -OCH3 is 8. The van der Waals surface area contributed by atoms with Gasteiger partial charge in [0.05, 0.1) is 120 Å². The van der Waals surface area contributed by atoms with Crippen LogP contribution in [0.5, 0.6) is 46.0 Å². The molecule has 2 unspecified atom stereocenters. The number of benzene rings is 4. The lowest BCUT2D eigenvalue weighted by molar-refractivity contribution is -0.142. The van der Waals surface area contributed by atoms with Gasteiger partial charge in [-0.3, -0.25) is 37.9 Å². The molecule has 0 bridgehead atoms. The first kappa shape index (κ1) is 104. The van der Waals surface area contributed by atoms with Crippen LogP contribution in [-0.4, -0.2) is 188 Å². The van der Waals surface area contributed by atoms with Crippen molar-refractivity contribution in [3.63, 3.8) is 0 Å². The van der Waals surface area contributed by atoms with Crippen LogP contribution < -0.4 is 59.2 Å². The summed E-state index contributed by atoms with van der Waals surface area (Å²) in [6.07, 6.45) is 38.6. The third-order valence-corrected chi connectivity index (χ3v) is 30.0. The Kier molecular flexibility index (Phi) is 38.0. The van der Waals surface area contributed by atoms with E-state index in [1.165, 1.54) is 32.1 Å². The highest BCUT2D eigenvalue weighted by Crippen LogP contribution is 2.48. The van der Waals surface area contributed by atoms with Crippen LogP contribution in [0.2, 0.25) is 0 Å². The number of hydrogen-bond donors (Lipinski definition) is 8. The number of aromatic nitrogens is 8. The van der Waals surface area contributed by atoms with Crippen molar-refractivity contribution in [2.75, 3.05) is 56.9 Å². The van der Waals surface area contributed by atoms with Crippen LogP contribution in [0.15, 0.2) is 97.1 Å². The molecule has 32 heteroatoms. The third-order valence-electron chi connectivity index (χ3n) is 30.0. The maximum absolute atomic E-state index is 13.3. The summed E-state index contributed by atoms with van der Waals surface area (Å²) in [6, 6.07) is 26.1. The predicted octanol–water partition coefficient (Wildman–Crippen LogP) is 19.9. The minimum atomic E-state index is -0.989. The molecular weight excluding hydrogens is 1770 g/mol. The Labute approximate surface area is 816 Å². The lowest BCUT2D eigenvalue weighted by Crippen LogP contribution is -2.46. The maximum atomic E-state index is 13.3. The van der Waals surface area contributed by atoms with Gasteiger partial charge in [-0.25, -0.2) is 19.2 Å². The molecule has 6 atom stereocenters. The molecule has 8 N–H and O–H groups in total. The summed E-state index contributed by atoms with van der Waals surface area (Å²) in [5.41, 5.74) is 6.79. The standard InChI is InChI=1S/3C27H37N3O5.C26H35N3O5/c1-17-9-7-12-19(15-17)30-21(24-22(34-2)13-8-14-23(24)35-3)16-20(29-30)26(31)28-25(27(32)33)18-10-5-4-6-11-18;1-17-12-14-19(15-13-17)30-21(24-22(34-2)10-7-11-23(24)35-3)16-20(29-30)26(31)28-25(27(32)33)18-8-5-4-6-9-18;1-34-22-14-9-15-23(35-2)24(22)21-16-20(29-30(21)17-18-10-5-3-6-11-18)26(31)28-25(27(32)33)19-12-7-4-8-13-19;1-33-21-14-9-15-22(34-2)23(21)20-16-19(28-29(20)18-12-7-4-8-13-18)25(30)27-24(26(31)32)17-10-5-3-6-11-17/h8,13-14,16-19,25H,4-7,9-12,15H2,1-3H3,(H,28,31)(H,32,33);7,10-11,16-19,25H,4-6,8-9,12-15H2,1-3H3,(H,28,31)(H,32,33);9,14-16,18-19,25H,3-8,10-13,17H2,1-2H3,(H,28,31)(H,32,33);9,14-18,24H,3-8,10-13H2,1-2H3,(H,27,30)(H,31,32)/t2*17?,19?,25-;25-;24-/m0000/s1. The van der Waals surface area contributed by atoms with Crippen LogP contribution in [0, 0.1) is 41.4 Å². The normalized spacial score (nSPS) is 20.0. The van der Waals surface area contributed by atoms with Crippen molar-refractivity contribution in [3.8, 4) is 91.0 Å². The van der Waals surface area contributed by atoms with Crippen molar-refractivity contribution in [1.29, 1.82) is 0 Å². The molecule has 8 saturated carbocycles. The maximum Gasteiger partial charge on any atom is 0.326 e. The van der Waals surface area contributed by atoms with Gasteiger partial charge in [-0.15, -0.1) is 0 Å². The summed E-state index contributed by atoms with van der Waals surface area (Å²) < 4.78 is 52.8. The van der Waals surface area contributed by atoms with Crippen LogP contribution in [0.25, 0.3) is 45.0 Å². The summed E-state index contributed by atoms with van der Waals surface area (Å²) in [5, 5.41) is 69.4. The minimum absolute atomic E-state index is 0.0515. The average molecular weight is 1920 g/mol. The Morgan fingerprint density at radius 2 is 0.540 bits per heavy atom. The zero-order valence-electron chi connectivity index (χ0n) is 82.8. The lowest BCUT2D eigenvalue weighted by atomic mass is 9.84. The number of nitrogens with zero attached hydrogens (tertiary/aromatic N) is 8. The number of amides is 4. The molecule has 754 valence electrons. The molecule has 0 saturated heterocycles. The Bertz CT molecular complexity index is 5330. The largest absolute Gasteiger partial charge is 0.496 e. The number of nitrogens with one attached hydrogen (secondary N) is 4. The molecule has 8 aliphatic rings. The van der Waals surface area contributed by atoms with Gasteiger partial charge in [0.25, 0.3) is 23.6 Å². The van der Waals surface area contributed by atoms with Crippen LogP contribution in [0.1, 0.15) is 318 Å². The van der Waals surface area contributed by atoms with E-state index in [2.05, 4.69) is 40.2 Å². The molecule has 139 heavy (non-hydrogen) atoms. The van der Waals surface area contributed by atoms with Gasteiger partial charge < -0.3 is 79.6 Å². The highest BCUT2D eigenvalue weighted by atomic mass is 16.5. The zero-order chi connectivity index (χ0) is 98.8. The number of rotatable bonds is 33. The SMILES string of the molecule is COc1cccc(OC)c1-c1cc(C(=O)N[C@H](C(=O)O)C2CCCCC2)nn1C1CCC(C)CC1.COc1cccc(OC)c1-c1cc(C(=O)N[C@H](C(=O)O)C2CCCCC2)nn1C1CCCC(C)C1.COc1cccc(OC)c1-c1cc(C(=O)N[C@H](C(=O)O)C2CCCCC2)nn1C1CCCCC1.COc1cccc(OC)c1-c1cc(C(=O)N[C@H](C(=O)O)C2CCCCC2)nn1CC1CCCCC1. The fraction of sp³-hybridized carbons (Fsp3) is 0.589. The molecule has 8 aliphatic carbocycles. The molecular formula is C107H146N12O20. The molecule has 8 aromatic rings. The van der Waals surface area contributed by atoms with E-state index in [0.717, 1.165) is 257 Å². The van der Waals surface area contributed by atoms with Crippen LogP contribution in [0.3, 0.4) is 0 Å². The van der Waals surface area contributed by atoms with Gasteiger partial charge in [-0.05, 0) is 230 Å². The summed E-state index contributed by atoms with van der Waals surface area (Å²) in [7, 11) is 12.9. The monoisotopic (exact) mass is 1920 g/mol. The number of carboxylic acids is 4. The van der Waals surface area contributed by atoms with E-state index in [1.54, 1.807) is 81.1 Å². The smallest absolute Gasteiger partial charge is 0.326 e. The summed E-state index contributed by atoms with van der Waals surface area (Å²) in [4.78, 5) is 101. The van der Waals surface area contributed by atoms with Crippen LogP contribution in [0.4, 0.5) is 0 Å². The van der Waals surface area contributed by atoms with Gasteiger partial charge in [0.1, 0.15) is 70.2 Å². The molecule has 8 fully saturated rings. The number of carboxylic acid groups (broad SMARTS) is 4. The van der Waals surface area contributed by atoms with E-state index in [1.807, 2.05) is 91.5 Å². The van der Waals surface area contributed by atoms with E-state index >= 15 is 0 Å². The fourth-order valence-corrected chi connectivity index (χ4v) is 22.5. The molecule has 0 spiro atoms. The van der Waals surface area contributed by atoms with E-state index < -0.39 is 71.7 Å². The molecule has 32 nitrogen and oxygen atoms in total. The Hall–Kier alpha value is -12.1. The molecule has 4 heterocycles. The number of carbonyl (C=O) groups excluding carboxylic acids is 4. The van der Waals surface area contributed by atoms with E-state index in [-0.39, 0.29) is 64.6 Å². The van der Waals surface area contributed by atoms with E-state index in [0.29, 0.717) is 70.3 Å². The number of carbonyl (C=O) groups is 8. The average Bonchev–Trinajstić information content (AvgIpc) is 1.65. The van der Waals surface area contributed by atoms with Crippen LogP contribution >= 0.6 is 0 Å². The van der Waals surface area contributed by atoms with Crippen LogP contribution in [-0.2, 0) is 25.7 Å². The second-order valence-corrected chi connectivity index (χ2v) is 39.2. The number of hydrogen-bond acceptors (Lipinski definition) is 20. The topological polar surface area (TPSA) is 411 Å². The van der Waals surface area contributed by atoms with Crippen molar-refractivity contribution in [2.45, 2.75) is 307 Å². The van der Waals surface area contributed by atoms with Gasteiger partial charge in [0.2, 0.25) is 0 Å². The molecule has 16 rings (SSSR count). The second-order valence-electron chi connectivity index (χ2n) is 39.2. The van der Waals surface area contributed by atoms with Crippen molar-refractivity contribution < 1.29 is 96.7 Å².